The van der Waals surface area contributed by atoms with Crippen molar-refractivity contribution in [3.63, 3.8) is 0 Å². The van der Waals surface area contributed by atoms with Crippen molar-refractivity contribution in [3.8, 4) is 5.82 Å². The number of fused-ring (bicyclic) bond motifs is 3. The van der Waals surface area contributed by atoms with E-state index < -0.39 is 17.3 Å². The quantitative estimate of drug-likeness (QED) is 0.409. The Labute approximate surface area is 202 Å². The van der Waals surface area contributed by atoms with Crippen LogP contribution in [0.1, 0.15) is 36.1 Å². The van der Waals surface area contributed by atoms with E-state index in [1.165, 1.54) is 34.0 Å². The predicted octanol–water partition coefficient (Wildman–Crippen LogP) is 2.66. The molecule has 1 N–H and O–H groups in total. The molecular weight excluding hydrogens is 475 g/mol. The second kappa shape index (κ2) is 7.67. The second-order valence-corrected chi connectivity index (χ2v) is 9.04. The Balaban J connectivity index is 1.38. The molecule has 0 radical (unpaired) electrons. The van der Waals surface area contributed by atoms with Gasteiger partial charge < -0.3 is 5.32 Å². The van der Waals surface area contributed by atoms with Crippen LogP contribution in [0, 0.1) is 5.95 Å². The van der Waals surface area contributed by atoms with Crippen LogP contribution in [0.25, 0.3) is 11.5 Å². The Hall–Kier alpha value is -4.19. The summed E-state index contributed by atoms with van der Waals surface area (Å²) in [5.41, 5.74) is 2.40. The van der Waals surface area contributed by atoms with E-state index in [1.54, 1.807) is 23.1 Å². The minimum atomic E-state index is -0.656. The summed E-state index contributed by atoms with van der Waals surface area (Å²) >= 11 is 6.36. The Kier molecular flexibility index (Phi) is 4.68. The molecule has 0 fully saturated rings. The number of aromatic nitrogens is 9. The van der Waals surface area contributed by atoms with E-state index in [4.69, 9.17) is 11.6 Å². The van der Waals surface area contributed by atoms with Gasteiger partial charge in [0.2, 0.25) is 11.9 Å². The maximum absolute atomic E-state index is 14.1. The molecule has 0 bridgehead atoms. The summed E-state index contributed by atoms with van der Waals surface area (Å²) in [6.07, 6.45) is 10.2. The van der Waals surface area contributed by atoms with Gasteiger partial charge in [-0.05, 0) is 19.4 Å². The summed E-state index contributed by atoms with van der Waals surface area (Å²) in [6.45, 7) is 2.00. The van der Waals surface area contributed by atoms with Crippen LogP contribution >= 0.6 is 11.6 Å². The molecule has 13 heteroatoms. The van der Waals surface area contributed by atoms with Crippen LogP contribution in [0.2, 0.25) is 5.02 Å². The third-order valence-electron chi connectivity index (χ3n) is 6.35. The lowest BCUT2D eigenvalue weighted by molar-refractivity contribution is -0.117. The molecule has 0 aromatic carbocycles. The fraction of sp³-hybridized carbons (Fsp3) is 0.227. The largest absolute Gasteiger partial charge is 0.324 e. The molecule has 1 aliphatic carbocycles. The summed E-state index contributed by atoms with van der Waals surface area (Å²) in [5, 5.41) is 19.5. The number of hydrogen-bond donors (Lipinski definition) is 1. The molecule has 0 saturated carbocycles. The molecule has 6 rings (SSSR count). The zero-order valence-electron chi connectivity index (χ0n) is 18.6. The zero-order valence-corrected chi connectivity index (χ0v) is 19.3. The van der Waals surface area contributed by atoms with E-state index in [-0.39, 0.29) is 10.9 Å². The summed E-state index contributed by atoms with van der Waals surface area (Å²) in [7, 11) is 1.82. The number of hydrogen-bond acceptors (Lipinski definition) is 7. The summed E-state index contributed by atoms with van der Waals surface area (Å²) < 4.78 is 17.2. The number of nitrogens with zero attached hydrogens (tertiary/aromatic N) is 9. The van der Waals surface area contributed by atoms with E-state index in [9.17, 15) is 9.18 Å². The van der Waals surface area contributed by atoms with Crippen molar-refractivity contribution in [3.05, 3.63) is 77.1 Å². The molecule has 1 amide bonds. The maximum Gasteiger partial charge on any atom is 0.235 e. The van der Waals surface area contributed by atoms with Crippen molar-refractivity contribution in [2.75, 3.05) is 5.32 Å². The first-order valence-electron chi connectivity index (χ1n) is 10.7. The first-order valence-corrected chi connectivity index (χ1v) is 11.1. The maximum atomic E-state index is 14.1. The number of nitrogens with one attached hydrogen (secondary N) is 1. The van der Waals surface area contributed by atoms with Crippen LogP contribution in [-0.2, 0) is 17.3 Å². The van der Waals surface area contributed by atoms with Crippen LogP contribution in [-0.4, -0.2) is 50.3 Å². The van der Waals surface area contributed by atoms with Gasteiger partial charge in [-0.3, -0.25) is 9.48 Å². The normalized spacial score (nSPS) is 19.3. The number of aryl methyl sites for hydroxylation is 1. The van der Waals surface area contributed by atoms with Gasteiger partial charge in [-0.2, -0.15) is 19.7 Å². The Bertz CT molecular complexity index is 1590. The number of carbonyl (C=O) groups excluding carboxylic acids is 1. The van der Waals surface area contributed by atoms with Gasteiger partial charge in [0.15, 0.2) is 11.5 Å². The molecule has 176 valence electrons. The molecule has 5 aromatic rings. The van der Waals surface area contributed by atoms with Gasteiger partial charge in [-0.25, -0.2) is 14.5 Å². The molecule has 35 heavy (non-hydrogen) atoms. The van der Waals surface area contributed by atoms with Crippen molar-refractivity contribution in [2.24, 2.45) is 7.05 Å². The van der Waals surface area contributed by atoms with Gasteiger partial charge in [0.25, 0.3) is 0 Å². The molecule has 0 saturated heterocycles. The Morgan fingerprint density at radius 3 is 2.69 bits per heavy atom. The van der Waals surface area contributed by atoms with Gasteiger partial charge >= 0.3 is 0 Å². The van der Waals surface area contributed by atoms with Crippen LogP contribution in [0.5, 0.6) is 0 Å². The van der Waals surface area contributed by atoms with Crippen LogP contribution in [0.4, 0.5) is 10.1 Å². The number of rotatable bonds is 4. The lowest BCUT2D eigenvalue weighted by Gasteiger charge is -2.24. The first-order chi connectivity index (χ1) is 16.8. The summed E-state index contributed by atoms with van der Waals surface area (Å²) in [5.74, 6) is -1.14. The lowest BCUT2D eigenvalue weighted by atomic mass is 9.80. The standard InChI is InChI=1S/C22H18ClFN10O/c1-22(12-8-29-32(2)11-12)7-14(15-10-25-18-6-17(24)31-33(18)19(15)22)21(35)30-13-5-16(23)20(26-9-13)34-27-3-4-28-34/h3-6,8-11,14H,7H2,1-2H3,(H,30,35)/t14-,22-/m1/s1. The van der Waals surface area contributed by atoms with E-state index >= 15 is 0 Å². The fourth-order valence-electron chi connectivity index (χ4n) is 4.74. The molecule has 1 aliphatic rings. The first kappa shape index (κ1) is 21.4. The van der Waals surface area contributed by atoms with E-state index in [2.05, 4.69) is 35.7 Å². The van der Waals surface area contributed by atoms with Crippen molar-refractivity contribution in [2.45, 2.75) is 24.7 Å². The number of halogens is 2. The van der Waals surface area contributed by atoms with Crippen LogP contribution in [0.3, 0.4) is 0 Å². The van der Waals surface area contributed by atoms with Crippen molar-refractivity contribution in [1.82, 2.24) is 44.4 Å². The average molecular weight is 493 g/mol. The van der Waals surface area contributed by atoms with Crippen molar-refractivity contribution in [1.29, 1.82) is 0 Å². The third kappa shape index (κ3) is 3.36. The minimum absolute atomic E-state index is 0.268. The SMILES string of the molecule is Cn1cc([C@@]2(C)C[C@@H](C(=O)Nc3cnc(-n4nccn4)c(Cl)c3)c3cnc4cc(F)nn4c32)cn1. The van der Waals surface area contributed by atoms with Gasteiger partial charge in [0.1, 0.15) is 0 Å². The van der Waals surface area contributed by atoms with Gasteiger partial charge in [0, 0.05) is 42.0 Å². The molecule has 5 aromatic heterocycles. The van der Waals surface area contributed by atoms with Gasteiger partial charge in [0.05, 0.1) is 47.1 Å². The highest BCUT2D eigenvalue weighted by Gasteiger charge is 2.47. The topological polar surface area (TPSA) is 121 Å². The number of anilines is 1. The number of pyridine rings is 1. The smallest absolute Gasteiger partial charge is 0.235 e. The fourth-order valence-corrected chi connectivity index (χ4v) is 4.98. The monoisotopic (exact) mass is 492 g/mol. The summed E-state index contributed by atoms with van der Waals surface area (Å²) in [6, 6.07) is 2.85. The highest BCUT2D eigenvalue weighted by Crippen LogP contribution is 2.49. The number of carbonyl (C=O) groups is 1. The minimum Gasteiger partial charge on any atom is -0.324 e. The molecule has 2 atom stereocenters. The average Bonchev–Trinajstić information content (AvgIpc) is 3.60. The molecular formula is C22H18ClFN10O. The molecule has 0 aliphatic heterocycles. The number of amides is 1. The predicted molar refractivity (Wildman–Crippen MR) is 123 cm³/mol. The van der Waals surface area contributed by atoms with E-state index in [1.807, 2.05) is 20.2 Å². The Morgan fingerprint density at radius 2 is 1.97 bits per heavy atom. The summed E-state index contributed by atoms with van der Waals surface area (Å²) in [4.78, 5) is 23.4. The third-order valence-corrected chi connectivity index (χ3v) is 6.63. The van der Waals surface area contributed by atoms with Crippen molar-refractivity contribution < 1.29 is 9.18 Å². The molecule has 0 unspecified atom stereocenters. The van der Waals surface area contributed by atoms with Crippen LogP contribution < -0.4 is 5.32 Å². The molecule has 11 nitrogen and oxygen atoms in total. The van der Waals surface area contributed by atoms with Gasteiger partial charge in [-0.15, -0.1) is 9.90 Å². The molecule has 5 heterocycles. The zero-order chi connectivity index (χ0) is 24.3. The van der Waals surface area contributed by atoms with Crippen molar-refractivity contribution >= 4 is 28.8 Å². The van der Waals surface area contributed by atoms with E-state index in [0.29, 0.717) is 34.8 Å². The highest BCUT2D eigenvalue weighted by atomic mass is 35.5. The highest BCUT2D eigenvalue weighted by molar-refractivity contribution is 6.32. The van der Waals surface area contributed by atoms with E-state index in [0.717, 1.165) is 5.56 Å². The Morgan fingerprint density at radius 1 is 1.17 bits per heavy atom. The lowest BCUT2D eigenvalue weighted by Crippen LogP contribution is -2.25. The molecule has 0 spiro atoms. The van der Waals surface area contributed by atoms with Gasteiger partial charge in [-0.1, -0.05) is 11.6 Å². The second-order valence-electron chi connectivity index (χ2n) is 8.63. The van der Waals surface area contributed by atoms with Crippen LogP contribution in [0.15, 0.2) is 49.3 Å².